The summed E-state index contributed by atoms with van der Waals surface area (Å²) in [4.78, 5) is 17.9. The Bertz CT molecular complexity index is 1160. The van der Waals surface area contributed by atoms with Crippen molar-refractivity contribution in [2.24, 2.45) is 0 Å². The minimum Gasteiger partial charge on any atom is -0.336 e. The number of benzene rings is 3. The minimum absolute atomic E-state index is 0.0467. The second kappa shape index (κ2) is 9.20. The molecule has 0 aliphatic carbocycles. The molecular weight excluding hydrogens is 396 g/mol. The van der Waals surface area contributed by atoms with Crippen LogP contribution in [0.4, 0.5) is 0 Å². The molecule has 1 fully saturated rings. The van der Waals surface area contributed by atoms with Gasteiger partial charge in [0.15, 0.2) is 0 Å². The normalized spacial score (nSPS) is 14.4. The maximum atomic E-state index is 13.6. The molecule has 1 saturated heterocycles. The fourth-order valence-electron chi connectivity index (χ4n) is 4.17. The van der Waals surface area contributed by atoms with Gasteiger partial charge in [-0.2, -0.15) is 5.10 Å². The number of para-hydroxylation sites is 1. The van der Waals surface area contributed by atoms with Crippen LogP contribution >= 0.6 is 0 Å². The van der Waals surface area contributed by atoms with Crippen molar-refractivity contribution in [3.8, 4) is 16.9 Å². The third kappa shape index (κ3) is 4.34. The number of hydrogen-bond donors (Lipinski definition) is 0. The maximum Gasteiger partial charge on any atom is 0.257 e. The zero-order valence-electron chi connectivity index (χ0n) is 18.0. The van der Waals surface area contributed by atoms with Gasteiger partial charge in [0.1, 0.15) is 5.69 Å². The highest BCUT2D eigenvalue weighted by molar-refractivity contribution is 6.00. The van der Waals surface area contributed by atoms with E-state index in [1.54, 1.807) is 4.68 Å². The Hall–Kier alpha value is -3.70. The lowest BCUT2D eigenvalue weighted by Gasteiger charge is -2.34. The van der Waals surface area contributed by atoms with Crippen molar-refractivity contribution in [2.75, 3.05) is 26.2 Å². The van der Waals surface area contributed by atoms with Crippen LogP contribution in [0.3, 0.4) is 0 Å². The second-order valence-corrected chi connectivity index (χ2v) is 8.09. The van der Waals surface area contributed by atoms with Gasteiger partial charge in [-0.15, -0.1) is 0 Å². The molecule has 160 valence electrons. The monoisotopic (exact) mass is 422 g/mol. The van der Waals surface area contributed by atoms with Crippen LogP contribution in [0.2, 0.25) is 0 Å². The summed E-state index contributed by atoms with van der Waals surface area (Å²) in [6.07, 6.45) is 1.87. The first-order chi connectivity index (χ1) is 15.8. The lowest BCUT2D eigenvalue weighted by Crippen LogP contribution is -2.48. The van der Waals surface area contributed by atoms with Crippen LogP contribution in [0.1, 0.15) is 15.9 Å². The van der Waals surface area contributed by atoms with Crippen LogP contribution in [0, 0.1) is 0 Å². The number of carbonyl (C=O) groups is 1. The highest BCUT2D eigenvalue weighted by Crippen LogP contribution is 2.25. The van der Waals surface area contributed by atoms with E-state index in [9.17, 15) is 4.79 Å². The SMILES string of the molecule is O=C(c1cn(-c2ccccc2)nc1-c1ccccc1)N1CCN(Cc2ccccc2)CC1. The molecule has 5 heteroatoms. The standard InChI is InChI=1S/C27H26N4O/c32-27(30-18-16-29(17-19-30)20-22-10-4-1-5-11-22)25-21-31(24-14-8-3-9-15-24)28-26(25)23-12-6-2-7-13-23/h1-15,21H,16-20H2. The Labute approximate surface area is 188 Å². The lowest BCUT2D eigenvalue weighted by atomic mass is 10.1. The summed E-state index contributed by atoms with van der Waals surface area (Å²) in [7, 11) is 0. The van der Waals surface area contributed by atoms with E-state index < -0.39 is 0 Å². The highest BCUT2D eigenvalue weighted by Gasteiger charge is 2.26. The Kier molecular flexibility index (Phi) is 5.81. The molecule has 1 aliphatic rings. The summed E-state index contributed by atoms with van der Waals surface area (Å²) in [5, 5.41) is 4.80. The predicted molar refractivity (Wildman–Crippen MR) is 127 cm³/mol. The molecule has 5 rings (SSSR count). The fourth-order valence-corrected chi connectivity index (χ4v) is 4.17. The van der Waals surface area contributed by atoms with E-state index in [0.717, 1.165) is 49.7 Å². The molecule has 1 aliphatic heterocycles. The minimum atomic E-state index is 0.0467. The van der Waals surface area contributed by atoms with Crippen LogP contribution in [-0.2, 0) is 6.54 Å². The van der Waals surface area contributed by atoms with Crippen LogP contribution < -0.4 is 0 Å². The molecule has 1 amide bonds. The summed E-state index contributed by atoms with van der Waals surface area (Å²) in [6.45, 7) is 4.10. The van der Waals surface area contributed by atoms with Crippen LogP contribution in [-0.4, -0.2) is 51.7 Å². The van der Waals surface area contributed by atoms with E-state index in [-0.39, 0.29) is 5.91 Å². The summed E-state index contributed by atoms with van der Waals surface area (Å²) in [5.74, 6) is 0.0467. The smallest absolute Gasteiger partial charge is 0.257 e. The van der Waals surface area contributed by atoms with Gasteiger partial charge in [-0.1, -0.05) is 78.9 Å². The van der Waals surface area contributed by atoms with E-state index in [4.69, 9.17) is 5.10 Å². The number of nitrogens with zero attached hydrogens (tertiary/aromatic N) is 4. The predicted octanol–water partition coefficient (Wildman–Crippen LogP) is 4.50. The van der Waals surface area contributed by atoms with Crippen LogP contribution in [0.15, 0.2) is 97.2 Å². The molecular formula is C27H26N4O. The first-order valence-corrected chi connectivity index (χ1v) is 11.0. The highest BCUT2D eigenvalue weighted by atomic mass is 16.2. The van der Waals surface area contributed by atoms with Crippen LogP contribution in [0.25, 0.3) is 16.9 Å². The Balaban J connectivity index is 1.37. The molecule has 3 aromatic carbocycles. The van der Waals surface area contributed by atoms with Crippen molar-refractivity contribution < 1.29 is 4.79 Å². The summed E-state index contributed by atoms with van der Waals surface area (Å²) in [5.41, 5.74) is 4.58. The van der Waals surface area contributed by atoms with Crippen LogP contribution in [0.5, 0.6) is 0 Å². The first kappa shape index (κ1) is 20.2. The Morgan fingerprint density at radius 3 is 2.00 bits per heavy atom. The second-order valence-electron chi connectivity index (χ2n) is 8.09. The van der Waals surface area contributed by atoms with Gasteiger partial charge in [0.2, 0.25) is 0 Å². The van der Waals surface area contributed by atoms with Gasteiger partial charge in [-0.3, -0.25) is 9.69 Å². The number of aromatic nitrogens is 2. The molecule has 1 aromatic heterocycles. The molecule has 0 atom stereocenters. The van der Waals surface area contributed by atoms with Gasteiger partial charge in [0, 0.05) is 44.5 Å². The summed E-state index contributed by atoms with van der Waals surface area (Å²) >= 11 is 0. The average Bonchev–Trinajstić information content (AvgIpc) is 3.31. The number of carbonyl (C=O) groups excluding carboxylic acids is 1. The molecule has 0 unspecified atom stereocenters. The molecule has 4 aromatic rings. The third-order valence-electron chi connectivity index (χ3n) is 5.92. The number of piperazine rings is 1. The third-order valence-corrected chi connectivity index (χ3v) is 5.92. The van der Waals surface area contributed by atoms with Crippen molar-refractivity contribution in [3.63, 3.8) is 0 Å². The number of amides is 1. The van der Waals surface area contributed by atoms with Gasteiger partial charge < -0.3 is 4.90 Å². The molecule has 0 bridgehead atoms. The molecule has 0 saturated carbocycles. The molecule has 0 radical (unpaired) electrons. The molecule has 32 heavy (non-hydrogen) atoms. The van der Waals surface area contributed by atoms with Crippen molar-refractivity contribution in [1.82, 2.24) is 19.6 Å². The topological polar surface area (TPSA) is 41.4 Å². The van der Waals surface area contributed by atoms with Crippen molar-refractivity contribution in [1.29, 1.82) is 0 Å². The molecule has 5 nitrogen and oxygen atoms in total. The van der Waals surface area contributed by atoms with Gasteiger partial charge in [0.05, 0.1) is 11.3 Å². The quantitative estimate of drug-likeness (QED) is 0.476. The van der Waals surface area contributed by atoms with E-state index in [0.29, 0.717) is 5.56 Å². The van der Waals surface area contributed by atoms with Crippen molar-refractivity contribution in [2.45, 2.75) is 6.54 Å². The zero-order chi connectivity index (χ0) is 21.8. The van der Waals surface area contributed by atoms with Gasteiger partial charge in [-0.05, 0) is 17.7 Å². The zero-order valence-corrected chi connectivity index (χ0v) is 18.0. The van der Waals surface area contributed by atoms with E-state index >= 15 is 0 Å². The average molecular weight is 423 g/mol. The van der Waals surface area contributed by atoms with Crippen molar-refractivity contribution >= 4 is 5.91 Å². The maximum absolute atomic E-state index is 13.6. The lowest BCUT2D eigenvalue weighted by molar-refractivity contribution is 0.0629. The van der Waals surface area contributed by atoms with Gasteiger partial charge in [-0.25, -0.2) is 4.68 Å². The van der Waals surface area contributed by atoms with Gasteiger partial charge in [0.25, 0.3) is 5.91 Å². The van der Waals surface area contributed by atoms with E-state index in [2.05, 4.69) is 29.2 Å². The summed E-state index contributed by atoms with van der Waals surface area (Å²) in [6, 6.07) is 30.4. The Morgan fingerprint density at radius 1 is 0.750 bits per heavy atom. The molecule has 2 heterocycles. The fraction of sp³-hybridized carbons (Fsp3) is 0.185. The summed E-state index contributed by atoms with van der Waals surface area (Å²) < 4.78 is 1.81. The molecule has 0 spiro atoms. The largest absolute Gasteiger partial charge is 0.336 e. The van der Waals surface area contributed by atoms with E-state index in [1.807, 2.05) is 77.8 Å². The van der Waals surface area contributed by atoms with E-state index in [1.165, 1.54) is 5.56 Å². The Morgan fingerprint density at radius 2 is 1.34 bits per heavy atom. The number of rotatable bonds is 5. The number of hydrogen-bond acceptors (Lipinski definition) is 3. The molecule has 0 N–H and O–H groups in total. The van der Waals surface area contributed by atoms with Gasteiger partial charge >= 0.3 is 0 Å². The first-order valence-electron chi connectivity index (χ1n) is 11.0. The van der Waals surface area contributed by atoms with Crippen molar-refractivity contribution in [3.05, 3.63) is 108 Å².